The number of nitrogens with one attached hydrogen (secondary N) is 1. The fraction of sp³-hybridized carbons (Fsp3) is 0.346. The molecule has 11 heteroatoms. The highest BCUT2D eigenvalue weighted by atomic mass is 32.1. The summed E-state index contributed by atoms with van der Waals surface area (Å²) >= 11 is 1.44. The highest BCUT2D eigenvalue weighted by molar-refractivity contribution is 7.10. The van der Waals surface area contributed by atoms with E-state index in [0.717, 1.165) is 41.9 Å². The maximum Gasteiger partial charge on any atom is 0.248 e. The SMILES string of the molecule is COc1ccc(-c2nnn(CC(=O)N(Cc3ccco3)[C@@H](C(=O)NC3CCCC3)c3cccs3)n2)cc1. The number of methoxy groups -OCH3 is 1. The first-order chi connectivity index (χ1) is 18.1. The Morgan fingerprint density at radius 2 is 2.00 bits per heavy atom. The van der Waals surface area contributed by atoms with Gasteiger partial charge >= 0.3 is 0 Å². The number of amides is 2. The smallest absolute Gasteiger partial charge is 0.248 e. The molecule has 1 aliphatic rings. The zero-order chi connectivity index (χ0) is 25.6. The average Bonchev–Trinajstić information content (AvgIpc) is 3.73. The van der Waals surface area contributed by atoms with Crippen LogP contribution in [0.2, 0.25) is 0 Å². The quantitative estimate of drug-likeness (QED) is 0.338. The molecule has 1 saturated carbocycles. The number of furan rings is 1. The molecule has 3 heterocycles. The predicted molar refractivity (Wildman–Crippen MR) is 137 cm³/mol. The molecule has 0 saturated heterocycles. The van der Waals surface area contributed by atoms with Crippen LogP contribution in [0.1, 0.15) is 42.4 Å². The lowest BCUT2D eigenvalue weighted by molar-refractivity contribution is -0.142. The molecule has 10 nitrogen and oxygen atoms in total. The second-order valence-corrected chi connectivity index (χ2v) is 9.86. The number of hydrogen-bond donors (Lipinski definition) is 1. The molecule has 192 valence electrons. The van der Waals surface area contributed by atoms with Crippen LogP contribution in [0.25, 0.3) is 11.4 Å². The van der Waals surface area contributed by atoms with Crippen LogP contribution in [0.15, 0.2) is 64.6 Å². The fourth-order valence-electron chi connectivity index (χ4n) is 4.49. The summed E-state index contributed by atoms with van der Waals surface area (Å²) in [6.07, 6.45) is 5.64. The van der Waals surface area contributed by atoms with E-state index < -0.39 is 6.04 Å². The molecule has 4 aromatic rings. The molecular weight excluding hydrogens is 492 g/mol. The Hall–Kier alpha value is -3.99. The Morgan fingerprint density at radius 1 is 1.19 bits per heavy atom. The van der Waals surface area contributed by atoms with Crippen molar-refractivity contribution in [3.63, 3.8) is 0 Å². The minimum absolute atomic E-state index is 0.125. The Balaban J connectivity index is 1.39. The van der Waals surface area contributed by atoms with Gasteiger partial charge in [0.25, 0.3) is 0 Å². The Morgan fingerprint density at radius 3 is 2.68 bits per heavy atom. The monoisotopic (exact) mass is 520 g/mol. The van der Waals surface area contributed by atoms with Gasteiger partial charge < -0.3 is 19.4 Å². The van der Waals surface area contributed by atoms with Crippen LogP contribution >= 0.6 is 11.3 Å². The van der Waals surface area contributed by atoms with E-state index in [1.165, 1.54) is 21.0 Å². The first-order valence-corrected chi connectivity index (χ1v) is 13.1. The molecule has 2 amide bonds. The molecule has 3 aromatic heterocycles. The predicted octanol–water partition coefficient (Wildman–Crippen LogP) is 3.83. The molecule has 0 spiro atoms. The van der Waals surface area contributed by atoms with Crippen molar-refractivity contribution in [2.24, 2.45) is 0 Å². The molecule has 0 aliphatic heterocycles. The maximum absolute atomic E-state index is 13.7. The third-order valence-corrected chi connectivity index (χ3v) is 7.30. The first kappa shape index (κ1) is 24.7. The molecule has 37 heavy (non-hydrogen) atoms. The lowest BCUT2D eigenvalue weighted by atomic mass is 10.1. The Kier molecular flexibility index (Phi) is 7.59. The Labute approximate surface area is 218 Å². The second kappa shape index (κ2) is 11.4. The number of ether oxygens (including phenoxy) is 1. The van der Waals surface area contributed by atoms with E-state index in [1.54, 1.807) is 37.6 Å². The van der Waals surface area contributed by atoms with Crippen LogP contribution in [0.3, 0.4) is 0 Å². The van der Waals surface area contributed by atoms with E-state index in [0.29, 0.717) is 11.6 Å². The summed E-state index contributed by atoms with van der Waals surface area (Å²) in [5.41, 5.74) is 0.749. The number of carbonyl (C=O) groups excluding carboxylic acids is 2. The van der Waals surface area contributed by atoms with Gasteiger partial charge in [-0.15, -0.1) is 21.5 Å². The summed E-state index contributed by atoms with van der Waals surface area (Å²) in [5.74, 6) is 1.17. The summed E-state index contributed by atoms with van der Waals surface area (Å²) in [4.78, 5) is 30.8. The van der Waals surface area contributed by atoms with Gasteiger partial charge in [0.1, 0.15) is 24.1 Å². The molecule has 0 radical (unpaired) electrons. The van der Waals surface area contributed by atoms with Crippen molar-refractivity contribution in [1.82, 2.24) is 30.4 Å². The van der Waals surface area contributed by atoms with Crippen molar-refractivity contribution in [1.29, 1.82) is 0 Å². The van der Waals surface area contributed by atoms with Crippen LogP contribution < -0.4 is 10.1 Å². The summed E-state index contributed by atoms with van der Waals surface area (Å²) < 4.78 is 10.7. The van der Waals surface area contributed by atoms with Crippen molar-refractivity contribution in [2.45, 2.75) is 50.9 Å². The lowest BCUT2D eigenvalue weighted by Gasteiger charge is -2.30. The van der Waals surface area contributed by atoms with Crippen molar-refractivity contribution in [3.8, 4) is 17.1 Å². The standard InChI is InChI=1S/C26H28N6O4S/c1-35-20-12-10-18(11-13-20)25-28-30-32(29-25)17-23(33)31(16-21-8-4-14-36-21)24(22-9-5-15-37-22)26(34)27-19-6-2-3-7-19/h4-5,8-15,19,24H,2-3,6-7,16-17H2,1H3,(H,27,34)/t24-/m1/s1. The van der Waals surface area contributed by atoms with Crippen LogP contribution in [-0.2, 0) is 22.7 Å². The highest BCUT2D eigenvalue weighted by Gasteiger charge is 2.34. The number of benzene rings is 1. The third kappa shape index (κ3) is 5.88. The molecule has 0 bridgehead atoms. The fourth-order valence-corrected chi connectivity index (χ4v) is 5.33. The van der Waals surface area contributed by atoms with Gasteiger partial charge in [-0.2, -0.15) is 4.80 Å². The van der Waals surface area contributed by atoms with E-state index in [2.05, 4.69) is 20.7 Å². The van der Waals surface area contributed by atoms with Crippen molar-refractivity contribution >= 4 is 23.2 Å². The molecule has 1 N–H and O–H groups in total. The van der Waals surface area contributed by atoms with Crippen LogP contribution in [0.4, 0.5) is 0 Å². The molecule has 1 aromatic carbocycles. The molecule has 0 unspecified atom stereocenters. The summed E-state index contributed by atoms with van der Waals surface area (Å²) in [7, 11) is 1.60. The Bertz CT molecular complexity index is 1300. The summed E-state index contributed by atoms with van der Waals surface area (Å²) in [5, 5.41) is 17.6. The van der Waals surface area contributed by atoms with Gasteiger partial charge in [0, 0.05) is 16.5 Å². The third-order valence-electron chi connectivity index (χ3n) is 6.38. The van der Waals surface area contributed by atoms with Crippen molar-refractivity contribution in [3.05, 3.63) is 70.8 Å². The van der Waals surface area contributed by atoms with Gasteiger partial charge in [-0.1, -0.05) is 18.9 Å². The van der Waals surface area contributed by atoms with Gasteiger partial charge in [0.15, 0.2) is 0 Å². The van der Waals surface area contributed by atoms with Crippen molar-refractivity contribution in [2.75, 3.05) is 7.11 Å². The average molecular weight is 521 g/mol. The molecule has 5 rings (SSSR count). The van der Waals surface area contributed by atoms with Gasteiger partial charge in [-0.25, -0.2) is 0 Å². The van der Waals surface area contributed by atoms with Gasteiger partial charge in [0.05, 0.1) is 19.9 Å². The zero-order valence-electron chi connectivity index (χ0n) is 20.4. The molecule has 1 fully saturated rings. The number of rotatable bonds is 10. The van der Waals surface area contributed by atoms with Crippen molar-refractivity contribution < 1.29 is 18.7 Å². The topological polar surface area (TPSA) is 115 Å². The number of aromatic nitrogens is 4. The molecular formula is C26H28N6O4S. The largest absolute Gasteiger partial charge is 0.497 e. The highest BCUT2D eigenvalue weighted by Crippen LogP contribution is 2.29. The van der Waals surface area contributed by atoms with Gasteiger partial charge in [-0.3, -0.25) is 9.59 Å². The number of thiophene rings is 1. The number of carbonyl (C=O) groups is 2. The normalized spacial score (nSPS) is 14.4. The van der Waals surface area contributed by atoms with E-state index in [4.69, 9.17) is 9.15 Å². The number of tetrazole rings is 1. The van der Waals surface area contributed by atoms with Crippen LogP contribution in [0, 0.1) is 0 Å². The number of nitrogens with zero attached hydrogens (tertiary/aromatic N) is 5. The molecule has 1 aliphatic carbocycles. The van der Waals surface area contributed by atoms with Crippen LogP contribution in [0.5, 0.6) is 5.75 Å². The minimum atomic E-state index is -0.803. The number of hydrogen-bond acceptors (Lipinski definition) is 8. The van der Waals surface area contributed by atoms with Crippen LogP contribution in [-0.4, -0.2) is 50.1 Å². The zero-order valence-corrected chi connectivity index (χ0v) is 21.3. The summed E-state index contributed by atoms with van der Waals surface area (Å²) in [6, 6.07) is 13.9. The van der Waals surface area contributed by atoms with E-state index >= 15 is 0 Å². The maximum atomic E-state index is 13.7. The summed E-state index contributed by atoms with van der Waals surface area (Å²) in [6.45, 7) is -0.0467. The van der Waals surface area contributed by atoms with E-state index in [1.807, 2.05) is 29.6 Å². The lowest BCUT2D eigenvalue weighted by Crippen LogP contribution is -2.46. The van der Waals surface area contributed by atoms with Gasteiger partial charge in [-0.05, 0) is 65.9 Å². The van der Waals surface area contributed by atoms with E-state index in [-0.39, 0.29) is 30.9 Å². The van der Waals surface area contributed by atoms with E-state index in [9.17, 15) is 9.59 Å². The first-order valence-electron chi connectivity index (χ1n) is 12.2. The second-order valence-electron chi connectivity index (χ2n) is 8.88. The van der Waals surface area contributed by atoms with Gasteiger partial charge in [0.2, 0.25) is 17.6 Å². The molecule has 1 atom stereocenters. The minimum Gasteiger partial charge on any atom is -0.497 e.